The van der Waals surface area contributed by atoms with Gasteiger partial charge in [0.25, 0.3) is 0 Å². The number of rotatable bonds is 2. The molecule has 0 saturated heterocycles. The molecule has 0 amide bonds. The van der Waals surface area contributed by atoms with Crippen molar-refractivity contribution < 1.29 is 4.39 Å². The minimum Gasteiger partial charge on any atom is -0.319 e. The molecule has 0 spiro atoms. The Balaban J connectivity index is 2.43. The first-order valence-electron chi connectivity index (χ1n) is 4.76. The molecule has 2 aromatic rings. The number of halogens is 3. The molecule has 0 saturated carbocycles. The second kappa shape index (κ2) is 4.72. The Bertz CT molecular complexity index is 538. The summed E-state index contributed by atoms with van der Waals surface area (Å²) in [5.74, 6) is -0.495. The van der Waals surface area contributed by atoms with Gasteiger partial charge in [0.1, 0.15) is 5.82 Å². The standard InChI is InChI=1S/C10H9BrClFN4/c1-17-9(10(11)15-16-17)8(14)5-2-3-6(12)7(13)4-5/h2-4,8H,14H2,1H3. The molecule has 1 aromatic heterocycles. The van der Waals surface area contributed by atoms with Gasteiger partial charge in [-0.25, -0.2) is 9.07 Å². The van der Waals surface area contributed by atoms with Crippen LogP contribution in [0.1, 0.15) is 17.3 Å². The van der Waals surface area contributed by atoms with Gasteiger partial charge >= 0.3 is 0 Å². The van der Waals surface area contributed by atoms with Crippen LogP contribution < -0.4 is 5.73 Å². The molecular weight excluding hydrogens is 310 g/mol. The molecule has 0 aliphatic heterocycles. The van der Waals surface area contributed by atoms with Crippen LogP contribution in [0, 0.1) is 5.82 Å². The minimum absolute atomic E-state index is 0.0724. The first-order valence-corrected chi connectivity index (χ1v) is 5.93. The summed E-state index contributed by atoms with van der Waals surface area (Å²) in [6.45, 7) is 0. The first kappa shape index (κ1) is 12.5. The number of benzene rings is 1. The predicted octanol–water partition coefficient (Wildman–Crippen LogP) is 2.42. The fraction of sp³-hybridized carbons (Fsp3) is 0.200. The Morgan fingerprint density at radius 2 is 2.24 bits per heavy atom. The van der Waals surface area contributed by atoms with E-state index in [0.29, 0.717) is 15.9 Å². The fourth-order valence-electron chi connectivity index (χ4n) is 1.53. The van der Waals surface area contributed by atoms with E-state index in [1.807, 2.05) is 0 Å². The van der Waals surface area contributed by atoms with Crippen LogP contribution in [0.2, 0.25) is 5.02 Å². The summed E-state index contributed by atoms with van der Waals surface area (Å²) in [6, 6.07) is 3.95. The average Bonchev–Trinajstić information content (AvgIpc) is 2.62. The van der Waals surface area contributed by atoms with E-state index in [2.05, 4.69) is 26.2 Å². The van der Waals surface area contributed by atoms with Crippen LogP contribution >= 0.6 is 27.5 Å². The first-order chi connectivity index (χ1) is 8.00. The monoisotopic (exact) mass is 318 g/mol. The zero-order valence-corrected chi connectivity index (χ0v) is 11.2. The van der Waals surface area contributed by atoms with Crippen LogP contribution in [0.4, 0.5) is 4.39 Å². The number of hydrogen-bond donors (Lipinski definition) is 1. The molecule has 0 fully saturated rings. The summed E-state index contributed by atoms with van der Waals surface area (Å²) in [6.07, 6.45) is 0. The van der Waals surface area contributed by atoms with Gasteiger partial charge in [0.05, 0.1) is 16.8 Å². The van der Waals surface area contributed by atoms with Gasteiger partial charge in [-0.15, -0.1) is 5.10 Å². The normalized spacial score (nSPS) is 12.8. The van der Waals surface area contributed by atoms with Crippen molar-refractivity contribution in [2.24, 2.45) is 12.8 Å². The van der Waals surface area contributed by atoms with E-state index < -0.39 is 11.9 Å². The molecule has 90 valence electrons. The maximum absolute atomic E-state index is 13.3. The largest absolute Gasteiger partial charge is 0.319 e. The van der Waals surface area contributed by atoms with Crippen molar-refractivity contribution in [2.45, 2.75) is 6.04 Å². The van der Waals surface area contributed by atoms with Gasteiger partial charge in [0.2, 0.25) is 0 Å². The molecular formula is C10H9BrClFN4. The van der Waals surface area contributed by atoms with E-state index >= 15 is 0 Å². The molecule has 17 heavy (non-hydrogen) atoms. The van der Waals surface area contributed by atoms with Gasteiger partial charge in [0.15, 0.2) is 4.60 Å². The van der Waals surface area contributed by atoms with E-state index in [9.17, 15) is 4.39 Å². The summed E-state index contributed by atoms with van der Waals surface area (Å²) < 4.78 is 15.4. The lowest BCUT2D eigenvalue weighted by Crippen LogP contribution is -2.16. The van der Waals surface area contributed by atoms with Gasteiger partial charge in [-0.2, -0.15) is 0 Å². The zero-order valence-electron chi connectivity index (χ0n) is 8.86. The molecule has 4 nitrogen and oxygen atoms in total. The lowest BCUT2D eigenvalue weighted by atomic mass is 10.1. The Hall–Kier alpha value is -0.980. The van der Waals surface area contributed by atoms with Crippen LogP contribution in [0.25, 0.3) is 0 Å². The topological polar surface area (TPSA) is 56.7 Å². The number of hydrogen-bond acceptors (Lipinski definition) is 3. The van der Waals surface area contributed by atoms with Crippen molar-refractivity contribution in [3.8, 4) is 0 Å². The van der Waals surface area contributed by atoms with E-state index in [-0.39, 0.29) is 5.02 Å². The zero-order chi connectivity index (χ0) is 12.6. The number of nitrogens with zero attached hydrogens (tertiary/aromatic N) is 3. The Morgan fingerprint density at radius 3 is 2.76 bits per heavy atom. The van der Waals surface area contributed by atoms with Crippen molar-refractivity contribution >= 4 is 27.5 Å². The second-order valence-corrected chi connectivity index (χ2v) is 4.70. The maximum Gasteiger partial charge on any atom is 0.153 e. The third kappa shape index (κ3) is 2.34. The molecule has 2 rings (SSSR count). The van der Waals surface area contributed by atoms with Crippen molar-refractivity contribution in [1.82, 2.24) is 15.0 Å². The smallest absolute Gasteiger partial charge is 0.153 e. The number of aryl methyl sites for hydroxylation is 1. The van der Waals surface area contributed by atoms with Crippen LogP contribution in [-0.2, 0) is 7.05 Å². The number of aromatic nitrogens is 3. The van der Waals surface area contributed by atoms with E-state index in [1.165, 1.54) is 12.1 Å². The molecule has 0 aliphatic carbocycles. The SMILES string of the molecule is Cn1nnc(Br)c1C(N)c1ccc(Cl)c(F)c1. The molecule has 0 aliphatic rings. The van der Waals surface area contributed by atoms with Gasteiger partial charge in [-0.1, -0.05) is 22.9 Å². The highest BCUT2D eigenvalue weighted by Gasteiger charge is 2.19. The summed E-state index contributed by atoms with van der Waals surface area (Å²) in [5.41, 5.74) is 7.32. The summed E-state index contributed by atoms with van der Waals surface area (Å²) >= 11 is 8.87. The maximum atomic E-state index is 13.3. The van der Waals surface area contributed by atoms with Gasteiger partial charge in [-0.05, 0) is 33.6 Å². The number of nitrogens with two attached hydrogens (primary N) is 1. The third-order valence-electron chi connectivity index (χ3n) is 2.42. The predicted molar refractivity (Wildman–Crippen MR) is 66.1 cm³/mol. The van der Waals surface area contributed by atoms with E-state index in [1.54, 1.807) is 17.8 Å². The second-order valence-electron chi connectivity index (χ2n) is 3.54. The molecule has 1 atom stereocenters. The fourth-order valence-corrected chi connectivity index (χ4v) is 2.22. The minimum atomic E-state index is -0.517. The molecule has 7 heteroatoms. The highest BCUT2D eigenvalue weighted by Crippen LogP contribution is 2.26. The van der Waals surface area contributed by atoms with Gasteiger partial charge in [0, 0.05) is 7.05 Å². The van der Waals surface area contributed by atoms with Crippen molar-refractivity contribution in [3.63, 3.8) is 0 Å². The molecule has 1 aromatic carbocycles. The van der Waals surface area contributed by atoms with Crippen molar-refractivity contribution in [1.29, 1.82) is 0 Å². The molecule has 2 N–H and O–H groups in total. The summed E-state index contributed by atoms with van der Waals surface area (Å²) in [4.78, 5) is 0. The van der Waals surface area contributed by atoms with Crippen LogP contribution in [-0.4, -0.2) is 15.0 Å². The van der Waals surface area contributed by atoms with Gasteiger partial charge in [-0.3, -0.25) is 0 Å². The van der Waals surface area contributed by atoms with Crippen LogP contribution in [0.15, 0.2) is 22.8 Å². The average molecular weight is 320 g/mol. The lowest BCUT2D eigenvalue weighted by molar-refractivity contribution is 0.617. The van der Waals surface area contributed by atoms with E-state index in [4.69, 9.17) is 17.3 Å². The molecule has 1 heterocycles. The molecule has 1 unspecified atom stereocenters. The van der Waals surface area contributed by atoms with Crippen molar-refractivity contribution in [2.75, 3.05) is 0 Å². The summed E-state index contributed by atoms with van der Waals surface area (Å²) in [7, 11) is 1.72. The Kier molecular flexibility index (Phi) is 3.46. The Morgan fingerprint density at radius 1 is 1.53 bits per heavy atom. The van der Waals surface area contributed by atoms with Crippen molar-refractivity contribution in [3.05, 3.63) is 44.9 Å². The molecule has 0 radical (unpaired) electrons. The van der Waals surface area contributed by atoms with Crippen LogP contribution in [0.3, 0.4) is 0 Å². The van der Waals surface area contributed by atoms with Gasteiger partial charge < -0.3 is 5.73 Å². The third-order valence-corrected chi connectivity index (χ3v) is 3.30. The molecule has 0 bridgehead atoms. The Labute approximate surface area is 111 Å². The summed E-state index contributed by atoms with van der Waals surface area (Å²) in [5, 5.41) is 7.73. The van der Waals surface area contributed by atoms with E-state index in [0.717, 1.165) is 0 Å². The van der Waals surface area contributed by atoms with Crippen LogP contribution in [0.5, 0.6) is 0 Å². The lowest BCUT2D eigenvalue weighted by Gasteiger charge is -2.12. The highest BCUT2D eigenvalue weighted by molar-refractivity contribution is 9.10. The highest BCUT2D eigenvalue weighted by atomic mass is 79.9. The quantitative estimate of drug-likeness (QED) is 0.925.